The average molecular weight is 394 g/mol. The van der Waals surface area contributed by atoms with E-state index in [-0.39, 0.29) is 0 Å². The first-order chi connectivity index (χ1) is 12.8. The third-order valence-electron chi connectivity index (χ3n) is 5.35. The SMILES string of the molecule is OC(CN1CCC2=C(Cc3ccc(Cl)cc32)C1)c1cccc(C(F)(F)F)c1. The quantitative estimate of drug-likeness (QED) is 0.783. The van der Waals surface area contributed by atoms with Gasteiger partial charge >= 0.3 is 6.18 Å². The molecular formula is C21H19ClF3NO. The molecule has 1 heterocycles. The highest BCUT2D eigenvalue weighted by Gasteiger charge is 2.32. The number of aliphatic hydroxyl groups is 1. The number of fused-ring (bicyclic) bond motifs is 2. The highest BCUT2D eigenvalue weighted by atomic mass is 35.5. The van der Waals surface area contributed by atoms with E-state index in [2.05, 4.69) is 11.0 Å². The van der Waals surface area contributed by atoms with Crippen LogP contribution in [-0.4, -0.2) is 29.6 Å². The zero-order valence-corrected chi connectivity index (χ0v) is 15.3. The molecule has 2 aromatic rings. The van der Waals surface area contributed by atoms with Gasteiger partial charge in [-0.25, -0.2) is 0 Å². The normalized spacial score (nSPS) is 18.4. The lowest BCUT2D eigenvalue weighted by Gasteiger charge is -2.30. The van der Waals surface area contributed by atoms with Gasteiger partial charge in [0.05, 0.1) is 11.7 Å². The van der Waals surface area contributed by atoms with Crippen molar-refractivity contribution in [3.8, 4) is 0 Å². The van der Waals surface area contributed by atoms with Gasteiger partial charge in [-0.2, -0.15) is 13.2 Å². The molecule has 0 saturated heterocycles. The Morgan fingerprint density at radius 1 is 1.15 bits per heavy atom. The number of alkyl halides is 3. The van der Waals surface area contributed by atoms with Crippen molar-refractivity contribution < 1.29 is 18.3 Å². The Kier molecular flexibility index (Phi) is 4.78. The predicted molar refractivity (Wildman–Crippen MR) is 99.5 cm³/mol. The molecule has 0 radical (unpaired) electrons. The Bertz CT molecular complexity index is 907. The van der Waals surface area contributed by atoms with Crippen LogP contribution in [0.2, 0.25) is 5.02 Å². The Labute approximate surface area is 160 Å². The first kappa shape index (κ1) is 18.5. The topological polar surface area (TPSA) is 23.5 Å². The van der Waals surface area contributed by atoms with Crippen LogP contribution in [-0.2, 0) is 12.6 Å². The molecular weight excluding hydrogens is 375 g/mol. The highest BCUT2D eigenvalue weighted by molar-refractivity contribution is 6.30. The second-order valence-corrected chi connectivity index (χ2v) is 7.62. The van der Waals surface area contributed by atoms with Crippen molar-refractivity contribution in [1.82, 2.24) is 4.90 Å². The van der Waals surface area contributed by atoms with Gasteiger partial charge in [-0.15, -0.1) is 0 Å². The molecule has 0 spiro atoms. The highest BCUT2D eigenvalue weighted by Crippen LogP contribution is 2.39. The average Bonchev–Trinajstić information content (AvgIpc) is 2.98. The molecule has 0 aromatic heterocycles. The molecule has 0 fully saturated rings. The van der Waals surface area contributed by atoms with Gasteiger partial charge < -0.3 is 5.11 Å². The van der Waals surface area contributed by atoms with Gasteiger partial charge in [-0.05, 0) is 64.9 Å². The van der Waals surface area contributed by atoms with E-state index < -0.39 is 17.8 Å². The summed E-state index contributed by atoms with van der Waals surface area (Å²) in [5, 5.41) is 11.2. The van der Waals surface area contributed by atoms with E-state index in [0.29, 0.717) is 12.1 Å². The first-order valence-corrected chi connectivity index (χ1v) is 9.26. The molecule has 2 nitrogen and oxygen atoms in total. The fourth-order valence-electron chi connectivity index (χ4n) is 4.02. The molecule has 27 heavy (non-hydrogen) atoms. The maximum absolute atomic E-state index is 12.9. The molecule has 1 aliphatic heterocycles. The van der Waals surface area contributed by atoms with Gasteiger partial charge in [0.1, 0.15) is 0 Å². The number of nitrogens with zero attached hydrogens (tertiary/aromatic N) is 1. The first-order valence-electron chi connectivity index (χ1n) is 8.88. The minimum atomic E-state index is -4.41. The van der Waals surface area contributed by atoms with Crippen molar-refractivity contribution >= 4 is 17.2 Å². The summed E-state index contributed by atoms with van der Waals surface area (Å²) in [6.45, 7) is 1.80. The third-order valence-corrected chi connectivity index (χ3v) is 5.59. The maximum atomic E-state index is 12.9. The number of rotatable bonds is 3. The largest absolute Gasteiger partial charge is 0.416 e. The van der Waals surface area contributed by atoms with E-state index in [9.17, 15) is 18.3 Å². The zero-order chi connectivity index (χ0) is 19.2. The van der Waals surface area contributed by atoms with Crippen LogP contribution in [0.5, 0.6) is 0 Å². The molecule has 0 amide bonds. The molecule has 0 bridgehead atoms. The summed E-state index contributed by atoms with van der Waals surface area (Å²) in [5.74, 6) is 0. The van der Waals surface area contributed by atoms with E-state index >= 15 is 0 Å². The number of hydrogen-bond acceptors (Lipinski definition) is 2. The minimum absolute atomic E-state index is 0.297. The number of benzene rings is 2. The Morgan fingerprint density at radius 2 is 1.96 bits per heavy atom. The molecule has 0 saturated carbocycles. The summed E-state index contributed by atoms with van der Waals surface area (Å²) >= 11 is 6.12. The summed E-state index contributed by atoms with van der Waals surface area (Å²) in [6, 6.07) is 10.9. The van der Waals surface area contributed by atoms with Crippen molar-refractivity contribution in [3.05, 3.63) is 75.3 Å². The van der Waals surface area contributed by atoms with Crippen molar-refractivity contribution in [2.45, 2.75) is 25.1 Å². The molecule has 6 heteroatoms. The van der Waals surface area contributed by atoms with Crippen molar-refractivity contribution in [3.63, 3.8) is 0 Å². The van der Waals surface area contributed by atoms with Crippen LogP contribution in [0.1, 0.15) is 34.8 Å². The predicted octanol–water partition coefficient (Wildman–Crippen LogP) is 5.11. The Hall–Kier alpha value is -1.82. The van der Waals surface area contributed by atoms with Gasteiger partial charge in [0.2, 0.25) is 0 Å². The van der Waals surface area contributed by atoms with Crippen LogP contribution in [0, 0.1) is 0 Å². The van der Waals surface area contributed by atoms with Crippen LogP contribution in [0.3, 0.4) is 0 Å². The maximum Gasteiger partial charge on any atom is 0.416 e. The fraction of sp³-hybridized carbons (Fsp3) is 0.333. The second-order valence-electron chi connectivity index (χ2n) is 7.18. The Balaban J connectivity index is 1.46. The standard InChI is InChI=1S/C21H19ClF3NO/c22-17-5-4-13-8-15-11-26(7-6-18(15)19(13)10-17)12-20(27)14-2-1-3-16(9-14)21(23,24)25/h1-5,9-10,20,27H,6-8,11-12H2. The van der Waals surface area contributed by atoms with Crippen LogP contribution >= 0.6 is 11.6 Å². The number of β-amino-alcohol motifs (C(OH)–C–C–N with tert-alkyl or cyclic N) is 1. The molecule has 2 aromatic carbocycles. The molecule has 142 valence electrons. The molecule has 1 N–H and O–H groups in total. The molecule has 1 unspecified atom stereocenters. The lowest BCUT2D eigenvalue weighted by atomic mass is 9.98. The van der Waals surface area contributed by atoms with E-state index in [4.69, 9.17) is 11.6 Å². The van der Waals surface area contributed by atoms with Crippen LogP contribution in [0.15, 0.2) is 48.0 Å². The molecule has 2 aliphatic rings. The molecule has 1 aliphatic carbocycles. The second kappa shape index (κ2) is 6.97. The lowest BCUT2D eigenvalue weighted by molar-refractivity contribution is -0.137. The van der Waals surface area contributed by atoms with Gasteiger partial charge in [-0.1, -0.05) is 29.8 Å². The smallest absolute Gasteiger partial charge is 0.387 e. The molecule has 1 atom stereocenters. The summed E-state index contributed by atoms with van der Waals surface area (Å²) in [4.78, 5) is 2.11. The van der Waals surface area contributed by atoms with Gasteiger partial charge in [-0.3, -0.25) is 4.90 Å². The minimum Gasteiger partial charge on any atom is -0.387 e. The van der Waals surface area contributed by atoms with Gasteiger partial charge in [0, 0.05) is 24.7 Å². The van der Waals surface area contributed by atoms with Crippen molar-refractivity contribution in [2.75, 3.05) is 19.6 Å². The lowest BCUT2D eigenvalue weighted by Crippen LogP contribution is -2.34. The van der Waals surface area contributed by atoms with E-state index in [1.165, 1.54) is 28.3 Å². The zero-order valence-electron chi connectivity index (χ0n) is 14.6. The van der Waals surface area contributed by atoms with E-state index in [1.54, 1.807) is 6.07 Å². The van der Waals surface area contributed by atoms with Gasteiger partial charge in [0.15, 0.2) is 0 Å². The number of aliphatic hydroxyl groups excluding tert-OH is 1. The summed E-state index contributed by atoms with van der Waals surface area (Å²) in [5.41, 5.74) is 4.70. The Morgan fingerprint density at radius 3 is 2.74 bits per heavy atom. The van der Waals surface area contributed by atoms with Crippen molar-refractivity contribution in [1.29, 1.82) is 0 Å². The fourth-order valence-corrected chi connectivity index (χ4v) is 4.19. The summed E-state index contributed by atoms with van der Waals surface area (Å²) in [7, 11) is 0. The molecule has 4 rings (SSSR count). The number of hydrogen-bond donors (Lipinski definition) is 1. The van der Waals surface area contributed by atoms with Crippen LogP contribution in [0.4, 0.5) is 13.2 Å². The number of halogens is 4. The van der Waals surface area contributed by atoms with Crippen LogP contribution in [0.25, 0.3) is 5.57 Å². The van der Waals surface area contributed by atoms with Crippen LogP contribution < -0.4 is 0 Å². The van der Waals surface area contributed by atoms with Crippen molar-refractivity contribution in [2.24, 2.45) is 0 Å². The monoisotopic (exact) mass is 393 g/mol. The van der Waals surface area contributed by atoms with E-state index in [1.807, 2.05) is 12.1 Å². The third kappa shape index (κ3) is 3.77. The van der Waals surface area contributed by atoms with Gasteiger partial charge in [0.25, 0.3) is 0 Å². The summed E-state index contributed by atoms with van der Waals surface area (Å²) in [6.07, 6.45) is -3.62. The summed E-state index contributed by atoms with van der Waals surface area (Å²) < 4.78 is 38.7. The van der Waals surface area contributed by atoms with E-state index in [0.717, 1.165) is 43.1 Å².